The van der Waals surface area contributed by atoms with Gasteiger partial charge in [-0.1, -0.05) is 44.5 Å². The highest BCUT2D eigenvalue weighted by atomic mass is 31.1. The molecule has 0 fully saturated rings. The van der Waals surface area contributed by atoms with Crippen LogP contribution in [-0.2, 0) is 4.74 Å². The minimum atomic E-state index is 0.218. The smallest absolute Gasteiger partial charge is 0.188 e. The van der Waals surface area contributed by atoms with Crippen LogP contribution in [0.3, 0.4) is 0 Å². The summed E-state index contributed by atoms with van der Waals surface area (Å²) >= 11 is 0. The second-order valence-electron chi connectivity index (χ2n) is 4.38. The summed E-state index contributed by atoms with van der Waals surface area (Å²) in [5.41, 5.74) is 1.89. The molecule has 0 heterocycles. The van der Waals surface area contributed by atoms with Gasteiger partial charge in [-0.05, 0) is 24.4 Å². The first-order valence-corrected chi connectivity index (χ1v) is 7.28. The molecule has 0 saturated heterocycles. The van der Waals surface area contributed by atoms with E-state index >= 15 is 0 Å². The Labute approximate surface area is 120 Å². The van der Waals surface area contributed by atoms with E-state index in [1.807, 2.05) is 43.3 Å². The predicted octanol–water partition coefficient (Wildman–Crippen LogP) is 2.42. The normalized spacial score (nSPS) is 10.9. The molecule has 0 aromatic heterocycles. The largest absolute Gasteiger partial charge is 0.467 e. The number of methoxy groups -OCH3 is 1. The Morgan fingerprint density at radius 3 is 2.70 bits per heavy atom. The van der Waals surface area contributed by atoms with Crippen LogP contribution in [-0.4, -0.2) is 20.2 Å². The van der Waals surface area contributed by atoms with Crippen molar-refractivity contribution in [1.29, 1.82) is 0 Å². The van der Waals surface area contributed by atoms with Gasteiger partial charge in [-0.25, -0.2) is 0 Å². The molecule has 0 aliphatic heterocycles. The molecule has 1 atom stereocenters. The molecule has 0 radical (unpaired) electrons. The molecule has 0 N–H and O–H groups in total. The van der Waals surface area contributed by atoms with E-state index < -0.39 is 0 Å². The molecule has 104 valence electrons. The molecule has 1 unspecified atom stereocenters. The van der Waals surface area contributed by atoms with Crippen LogP contribution < -0.4 is 15.3 Å². The quantitative estimate of drug-likeness (QED) is 0.465. The van der Waals surface area contributed by atoms with E-state index in [0.717, 1.165) is 28.2 Å². The van der Waals surface area contributed by atoms with Gasteiger partial charge in [-0.3, -0.25) is 4.79 Å². The molecule has 3 nitrogen and oxygen atoms in total. The minimum Gasteiger partial charge on any atom is -0.467 e. The Balaban J connectivity index is 2.31. The number of aryl methyl sites for hydroxylation is 1. The first-order chi connectivity index (χ1) is 9.74. The Hall–Kier alpha value is -1.70. The summed E-state index contributed by atoms with van der Waals surface area (Å²) in [6.45, 7) is 2.26. The molecule has 20 heavy (non-hydrogen) atoms. The van der Waals surface area contributed by atoms with Crippen LogP contribution in [0.5, 0.6) is 5.75 Å². The average Bonchev–Trinajstić information content (AvgIpc) is 2.47. The van der Waals surface area contributed by atoms with Crippen LogP contribution in [0.25, 0.3) is 0 Å². The highest BCUT2D eigenvalue weighted by Crippen LogP contribution is 2.21. The van der Waals surface area contributed by atoms with Crippen molar-refractivity contribution in [2.24, 2.45) is 0 Å². The Kier molecular flexibility index (Phi) is 5.28. The minimum absolute atomic E-state index is 0.218. The van der Waals surface area contributed by atoms with Crippen molar-refractivity contribution in [2.45, 2.75) is 6.92 Å². The van der Waals surface area contributed by atoms with Gasteiger partial charge >= 0.3 is 0 Å². The molecular formula is C16H17O3P. The summed E-state index contributed by atoms with van der Waals surface area (Å²) < 4.78 is 10.5. The molecule has 0 bridgehead atoms. The zero-order valence-corrected chi connectivity index (χ0v) is 12.6. The summed E-state index contributed by atoms with van der Waals surface area (Å²) in [5.74, 6) is 0.802. The number of hydrogen-bond donors (Lipinski definition) is 0. The van der Waals surface area contributed by atoms with Gasteiger partial charge in [0.15, 0.2) is 13.1 Å². The third-order valence-corrected chi connectivity index (χ3v) is 4.21. The van der Waals surface area contributed by atoms with Crippen molar-refractivity contribution in [3.63, 3.8) is 0 Å². The van der Waals surface area contributed by atoms with Gasteiger partial charge in [0, 0.05) is 18.0 Å². The fraction of sp³-hybridized carbons (Fsp3) is 0.188. The molecule has 4 heteroatoms. The van der Waals surface area contributed by atoms with Gasteiger partial charge in [0.25, 0.3) is 0 Å². The number of benzene rings is 2. The molecule has 2 aromatic carbocycles. The molecule has 0 aliphatic rings. The van der Waals surface area contributed by atoms with E-state index in [9.17, 15) is 4.79 Å². The molecule has 0 amide bonds. The standard InChI is InChI=1S/C16H17O3P/c1-12-7-8-14(19-11-18-2)16(9-12)20-15-6-4-3-5-13(15)10-17/h3-10,20H,11H2,1-2H3. The van der Waals surface area contributed by atoms with Crippen LogP contribution in [0.1, 0.15) is 15.9 Å². The third kappa shape index (κ3) is 3.66. The van der Waals surface area contributed by atoms with E-state index in [2.05, 4.69) is 6.07 Å². The number of carbonyl (C=O) groups is 1. The highest BCUT2D eigenvalue weighted by molar-refractivity contribution is 7.56. The molecule has 2 aromatic rings. The fourth-order valence-corrected chi connectivity index (χ4v) is 3.18. The molecule has 0 spiro atoms. The number of hydrogen-bond acceptors (Lipinski definition) is 3. The van der Waals surface area contributed by atoms with Crippen LogP contribution in [0, 0.1) is 6.92 Å². The number of aldehydes is 1. The first kappa shape index (κ1) is 14.7. The van der Waals surface area contributed by atoms with Crippen LogP contribution in [0.2, 0.25) is 0 Å². The van der Waals surface area contributed by atoms with Crippen molar-refractivity contribution >= 4 is 25.5 Å². The highest BCUT2D eigenvalue weighted by Gasteiger charge is 2.08. The third-order valence-electron chi connectivity index (χ3n) is 2.82. The van der Waals surface area contributed by atoms with Crippen molar-refractivity contribution in [3.8, 4) is 5.75 Å². The predicted molar refractivity (Wildman–Crippen MR) is 83.1 cm³/mol. The number of rotatable bonds is 6. The zero-order chi connectivity index (χ0) is 14.4. The lowest BCUT2D eigenvalue weighted by Crippen LogP contribution is -2.13. The van der Waals surface area contributed by atoms with E-state index in [1.165, 1.54) is 5.56 Å². The SMILES string of the molecule is COCOc1ccc(C)cc1Pc1ccccc1C=O. The average molecular weight is 288 g/mol. The number of ether oxygens (including phenoxy) is 2. The summed E-state index contributed by atoms with van der Waals surface area (Å²) in [6, 6.07) is 13.7. The van der Waals surface area contributed by atoms with E-state index in [0.29, 0.717) is 8.58 Å². The summed E-state index contributed by atoms with van der Waals surface area (Å²) in [6.07, 6.45) is 0.897. The lowest BCUT2D eigenvalue weighted by atomic mass is 10.2. The molecule has 2 rings (SSSR count). The zero-order valence-electron chi connectivity index (χ0n) is 11.6. The van der Waals surface area contributed by atoms with Gasteiger partial charge in [-0.15, -0.1) is 0 Å². The van der Waals surface area contributed by atoms with Crippen LogP contribution >= 0.6 is 8.58 Å². The van der Waals surface area contributed by atoms with Gasteiger partial charge in [0.2, 0.25) is 0 Å². The maximum absolute atomic E-state index is 11.1. The molecular weight excluding hydrogens is 271 g/mol. The second kappa shape index (κ2) is 7.18. The summed E-state index contributed by atoms with van der Waals surface area (Å²) in [4.78, 5) is 11.1. The monoisotopic (exact) mass is 288 g/mol. The van der Waals surface area contributed by atoms with E-state index in [1.54, 1.807) is 7.11 Å². The Morgan fingerprint density at radius 1 is 1.15 bits per heavy atom. The van der Waals surface area contributed by atoms with Crippen LogP contribution in [0.4, 0.5) is 0 Å². The lowest BCUT2D eigenvalue weighted by Gasteiger charge is -2.12. The molecule has 0 aliphatic carbocycles. The van der Waals surface area contributed by atoms with Crippen molar-refractivity contribution in [2.75, 3.05) is 13.9 Å². The Bertz CT molecular complexity index is 596. The summed E-state index contributed by atoms with van der Waals surface area (Å²) in [7, 11) is 1.97. The van der Waals surface area contributed by atoms with Gasteiger partial charge in [0.05, 0.1) is 0 Å². The lowest BCUT2D eigenvalue weighted by molar-refractivity contribution is 0.0519. The fourth-order valence-electron chi connectivity index (χ4n) is 1.85. The molecule has 0 saturated carbocycles. The van der Waals surface area contributed by atoms with Gasteiger partial charge < -0.3 is 9.47 Å². The van der Waals surface area contributed by atoms with E-state index in [-0.39, 0.29) is 6.79 Å². The number of carbonyl (C=O) groups excluding carboxylic acids is 1. The maximum atomic E-state index is 11.1. The second-order valence-corrected chi connectivity index (χ2v) is 5.71. The Morgan fingerprint density at radius 2 is 1.95 bits per heavy atom. The van der Waals surface area contributed by atoms with Gasteiger partial charge in [0.1, 0.15) is 5.75 Å². The van der Waals surface area contributed by atoms with Crippen molar-refractivity contribution in [1.82, 2.24) is 0 Å². The summed E-state index contributed by atoms with van der Waals surface area (Å²) in [5, 5.41) is 2.10. The van der Waals surface area contributed by atoms with E-state index in [4.69, 9.17) is 9.47 Å². The van der Waals surface area contributed by atoms with Crippen molar-refractivity contribution in [3.05, 3.63) is 53.6 Å². The van der Waals surface area contributed by atoms with Gasteiger partial charge in [-0.2, -0.15) is 0 Å². The maximum Gasteiger partial charge on any atom is 0.188 e. The topological polar surface area (TPSA) is 35.5 Å². The van der Waals surface area contributed by atoms with Crippen LogP contribution in [0.15, 0.2) is 42.5 Å². The van der Waals surface area contributed by atoms with Crippen molar-refractivity contribution < 1.29 is 14.3 Å². The first-order valence-electron chi connectivity index (χ1n) is 6.28.